The summed E-state index contributed by atoms with van der Waals surface area (Å²) in [6.07, 6.45) is 6.83. The molecule has 0 aromatic heterocycles. The zero-order valence-corrected chi connectivity index (χ0v) is 12.4. The van der Waals surface area contributed by atoms with Gasteiger partial charge in [0.15, 0.2) is 5.96 Å². The first-order valence-corrected chi connectivity index (χ1v) is 7.23. The zero-order valence-electron chi connectivity index (χ0n) is 12.4. The monoisotopic (exact) mass is 254 g/mol. The number of nitrogens with one attached hydrogen (secondary N) is 1. The molecule has 1 fully saturated rings. The van der Waals surface area contributed by atoms with Crippen LogP contribution in [0.1, 0.15) is 46.0 Å². The molecule has 0 heterocycles. The highest BCUT2D eigenvalue weighted by Gasteiger charge is 2.24. The van der Waals surface area contributed by atoms with Crippen molar-refractivity contribution in [3.8, 4) is 0 Å². The summed E-state index contributed by atoms with van der Waals surface area (Å²) in [6.45, 7) is 4.96. The lowest BCUT2D eigenvalue weighted by Gasteiger charge is -2.33. The third-order valence-electron chi connectivity index (χ3n) is 3.74. The van der Waals surface area contributed by atoms with Crippen LogP contribution in [-0.2, 0) is 0 Å². The highest BCUT2D eigenvalue weighted by Crippen LogP contribution is 2.28. The Morgan fingerprint density at radius 1 is 1.28 bits per heavy atom. The number of hydrogen-bond donors (Lipinski definition) is 2. The van der Waals surface area contributed by atoms with E-state index in [1.54, 1.807) is 0 Å². The molecule has 0 spiro atoms. The second kappa shape index (κ2) is 7.62. The number of aliphatic imine (C=N–C) groups is 1. The Morgan fingerprint density at radius 3 is 2.39 bits per heavy atom. The van der Waals surface area contributed by atoms with E-state index in [0.29, 0.717) is 18.0 Å². The molecule has 1 rings (SSSR count). The van der Waals surface area contributed by atoms with E-state index < -0.39 is 0 Å². The van der Waals surface area contributed by atoms with Gasteiger partial charge in [0.1, 0.15) is 0 Å². The SMILES string of the molecule is CC(C)NC(N)=NCC(C1CCCCC1)N(C)C. The van der Waals surface area contributed by atoms with Crippen molar-refractivity contribution in [2.75, 3.05) is 20.6 Å². The second-order valence-corrected chi connectivity index (χ2v) is 5.95. The molecular formula is C14H30N4. The van der Waals surface area contributed by atoms with Crippen LogP contribution in [0, 0.1) is 5.92 Å². The molecule has 18 heavy (non-hydrogen) atoms. The van der Waals surface area contributed by atoms with Gasteiger partial charge >= 0.3 is 0 Å². The molecule has 1 aliphatic carbocycles. The van der Waals surface area contributed by atoms with Gasteiger partial charge in [-0.15, -0.1) is 0 Å². The predicted molar refractivity (Wildman–Crippen MR) is 78.8 cm³/mol. The summed E-state index contributed by atoms with van der Waals surface area (Å²) in [4.78, 5) is 6.81. The van der Waals surface area contributed by atoms with Crippen LogP contribution in [0.15, 0.2) is 4.99 Å². The van der Waals surface area contributed by atoms with Crippen LogP contribution in [-0.4, -0.2) is 43.6 Å². The molecule has 0 amide bonds. The van der Waals surface area contributed by atoms with Crippen LogP contribution in [0.2, 0.25) is 0 Å². The second-order valence-electron chi connectivity index (χ2n) is 5.95. The molecule has 1 saturated carbocycles. The Morgan fingerprint density at radius 2 is 1.89 bits per heavy atom. The first-order valence-electron chi connectivity index (χ1n) is 7.23. The van der Waals surface area contributed by atoms with Gasteiger partial charge in [0.05, 0.1) is 6.54 Å². The van der Waals surface area contributed by atoms with Gasteiger partial charge < -0.3 is 16.0 Å². The van der Waals surface area contributed by atoms with Crippen molar-refractivity contribution in [1.29, 1.82) is 0 Å². The molecule has 0 aromatic carbocycles. The van der Waals surface area contributed by atoms with E-state index >= 15 is 0 Å². The van der Waals surface area contributed by atoms with Crippen molar-refractivity contribution in [3.05, 3.63) is 0 Å². The topological polar surface area (TPSA) is 53.6 Å². The largest absolute Gasteiger partial charge is 0.370 e. The lowest BCUT2D eigenvalue weighted by Crippen LogP contribution is -2.41. The lowest BCUT2D eigenvalue weighted by molar-refractivity contribution is 0.176. The fourth-order valence-corrected chi connectivity index (χ4v) is 2.79. The van der Waals surface area contributed by atoms with Gasteiger partial charge in [0, 0.05) is 12.1 Å². The molecule has 4 heteroatoms. The molecule has 0 aromatic rings. The quantitative estimate of drug-likeness (QED) is 0.581. The van der Waals surface area contributed by atoms with E-state index in [-0.39, 0.29) is 0 Å². The molecule has 1 aliphatic rings. The number of hydrogen-bond acceptors (Lipinski definition) is 2. The van der Waals surface area contributed by atoms with Gasteiger partial charge in [0.25, 0.3) is 0 Å². The van der Waals surface area contributed by atoms with E-state index in [2.05, 4.69) is 43.2 Å². The molecule has 4 nitrogen and oxygen atoms in total. The Balaban J connectivity index is 2.51. The first-order chi connectivity index (χ1) is 8.50. The molecule has 3 N–H and O–H groups in total. The number of nitrogens with two attached hydrogens (primary N) is 1. The number of guanidine groups is 1. The molecule has 0 aliphatic heterocycles. The van der Waals surface area contributed by atoms with E-state index in [1.165, 1.54) is 32.1 Å². The molecule has 106 valence electrons. The molecule has 0 radical (unpaired) electrons. The predicted octanol–water partition coefficient (Wildman–Crippen LogP) is 1.81. The van der Waals surface area contributed by atoms with Crippen molar-refractivity contribution >= 4 is 5.96 Å². The van der Waals surface area contributed by atoms with Gasteiger partial charge in [0.2, 0.25) is 0 Å². The summed E-state index contributed by atoms with van der Waals surface area (Å²) in [6, 6.07) is 0.874. The van der Waals surface area contributed by atoms with E-state index in [4.69, 9.17) is 5.73 Å². The van der Waals surface area contributed by atoms with Gasteiger partial charge in [-0.25, -0.2) is 0 Å². The number of nitrogens with zero attached hydrogens (tertiary/aromatic N) is 2. The van der Waals surface area contributed by atoms with Crippen molar-refractivity contribution < 1.29 is 0 Å². The maximum Gasteiger partial charge on any atom is 0.188 e. The molecular weight excluding hydrogens is 224 g/mol. The lowest BCUT2D eigenvalue weighted by atomic mass is 9.83. The Bertz CT molecular complexity index is 255. The summed E-state index contributed by atoms with van der Waals surface area (Å²) in [5.41, 5.74) is 5.87. The van der Waals surface area contributed by atoms with Crippen molar-refractivity contribution in [1.82, 2.24) is 10.2 Å². The average Bonchev–Trinajstić information content (AvgIpc) is 2.29. The smallest absolute Gasteiger partial charge is 0.188 e. The van der Waals surface area contributed by atoms with Crippen LogP contribution in [0.25, 0.3) is 0 Å². The molecule has 1 unspecified atom stereocenters. The van der Waals surface area contributed by atoms with Gasteiger partial charge in [-0.3, -0.25) is 4.99 Å². The van der Waals surface area contributed by atoms with Crippen LogP contribution < -0.4 is 11.1 Å². The van der Waals surface area contributed by atoms with Gasteiger partial charge in [-0.1, -0.05) is 19.3 Å². The molecule has 1 atom stereocenters. The zero-order chi connectivity index (χ0) is 13.5. The Kier molecular flexibility index (Phi) is 6.47. The van der Waals surface area contributed by atoms with E-state index in [9.17, 15) is 0 Å². The average molecular weight is 254 g/mol. The summed E-state index contributed by atoms with van der Waals surface area (Å²) in [7, 11) is 4.31. The Hall–Kier alpha value is -0.770. The van der Waals surface area contributed by atoms with Crippen molar-refractivity contribution in [3.63, 3.8) is 0 Å². The molecule has 0 bridgehead atoms. The van der Waals surface area contributed by atoms with E-state index in [1.807, 2.05) is 0 Å². The van der Waals surface area contributed by atoms with Gasteiger partial charge in [-0.05, 0) is 46.7 Å². The maximum absolute atomic E-state index is 5.87. The van der Waals surface area contributed by atoms with Crippen molar-refractivity contribution in [2.45, 2.75) is 58.0 Å². The van der Waals surface area contributed by atoms with E-state index in [0.717, 1.165) is 12.5 Å². The maximum atomic E-state index is 5.87. The number of rotatable bonds is 5. The highest BCUT2D eigenvalue weighted by atomic mass is 15.2. The van der Waals surface area contributed by atoms with Crippen LogP contribution in [0.5, 0.6) is 0 Å². The van der Waals surface area contributed by atoms with Crippen molar-refractivity contribution in [2.24, 2.45) is 16.6 Å². The Labute approximate surface area is 112 Å². The standard InChI is InChI=1S/C14H30N4/c1-11(2)17-14(15)16-10-13(18(3)4)12-8-6-5-7-9-12/h11-13H,5-10H2,1-4H3,(H3,15,16,17). The summed E-state index contributed by atoms with van der Waals surface area (Å²) in [5, 5.41) is 3.15. The fourth-order valence-electron chi connectivity index (χ4n) is 2.79. The molecule has 0 saturated heterocycles. The first kappa shape index (κ1) is 15.3. The van der Waals surface area contributed by atoms with Gasteiger partial charge in [-0.2, -0.15) is 0 Å². The third-order valence-corrected chi connectivity index (χ3v) is 3.74. The minimum absolute atomic E-state index is 0.348. The minimum Gasteiger partial charge on any atom is -0.370 e. The summed E-state index contributed by atoms with van der Waals surface area (Å²) >= 11 is 0. The highest BCUT2D eigenvalue weighted by molar-refractivity contribution is 5.78. The summed E-state index contributed by atoms with van der Waals surface area (Å²) < 4.78 is 0. The van der Waals surface area contributed by atoms with Crippen LogP contribution in [0.4, 0.5) is 0 Å². The van der Waals surface area contributed by atoms with Crippen LogP contribution in [0.3, 0.4) is 0 Å². The third kappa shape index (κ3) is 5.25. The normalized spacial score (nSPS) is 20.4. The van der Waals surface area contributed by atoms with Crippen LogP contribution >= 0.6 is 0 Å². The number of likely N-dealkylation sites (N-methyl/N-ethyl adjacent to an activating group) is 1. The summed E-state index contributed by atoms with van der Waals surface area (Å²) in [5.74, 6) is 1.36. The minimum atomic E-state index is 0.348. The fraction of sp³-hybridized carbons (Fsp3) is 0.929.